The average Bonchev–Trinajstić information content (AvgIpc) is 2.98. The molecule has 11 nitrogen and oxygen atoms in total. The molecule has 40 heavy (non-hydrogen) atoms. The molecule has 214 valence electrons. The lowest BCUT2D eigenvalue weighted by Crippen LogP contribution is -2.35. The SMILES string of the molecule is COc1cc(O)cc2c1C[C@@H](OC(=O)c1cc(OC)c(OC)c(OC)c1)[C@@H](c1cc(OC)c(OC)c(OC)c1)O2. The Morgan fingerprint density at radius 1 is 0.700 bits per heavy atom. The van der Waals surface area contributed by atoms with E-state index < -0.39 is 18.2 Å². The third kappa shape index (κ3) is 5.27. The van der Waals surface area contributed by atoms with E-state index in [2.05, 4.69) is 0 Å². The molecule has 0 aliphatic carbocycles. The van der Waals surface area contributed by atoms with Gasteiger partial charge in [-0.25, -0.2) is 4.79 Å². The molecule has 0 fully saturated rings. The van der Waals surface area contributed by atoms with Crippen LogP contribution in [0.5, 0.6) is 51.7 Å². The third-order valence-electron chi connectivity index (χ3n) is 6.54. The molecule has 0 saturated carbocycles. The van der Waals surface area contributed by atoms with E-state index in [9.17, 15) is 9.90 Å². The zero-order chi connectivity index (χ0) is 29.0. The molecule has 1 aliphatic rings. The van der Waals surface area contributed by atoms with Gasteiger partial charge < -0.3 is 47.7 Å². The van der Waals surface area contributed by atoms with E-state index in [1.807, 2.05) is 0 Å². The van der Waals surface area contributed by atoms with Crippen LogP contribution in [0.4, 0.5) is 0 Å². The Balaban J connectivity index is 1.80. The summed E-state index contributed by atoms with van der Waals surface area (Å²) in [7, 11) is 10.4. The molecule has 2 atom stereocenters. The van der Waals surface area contributed by atoms with Crippen LogP contribution in [0.2, 0.25) is 0 Å². The molecule has 1 N–H and O–H groups in total. The Morgan fingerprint density at radius 2 is 1.20 bits per heavy atom. The smallest absolute Gasteiger partial charge is 0.338 e. The topological polar surface area (TPSA) is 120 Å². The predicted molar refractivity (Wildman–Crippen MR) is 143 cm³/mol. The first-order chi connectivity index (χ1) is 19.3. The quantitative estimate of drug-likeness (QED) is 0.359. The van der Waals surface area contributed by atoms with Gasteiger partial charge in [0.15, 0.2) is 29.1 Å². The maximum Gasteiger partial charge on any atom is 0.338 e. The molecule has 1 heterocycles. The lowest BCUT2D eigenvalue weighted by atomic mass is 9.93. The van der Waals surface area contributed by atoms with E-state index in [0.717, 1.165) is 0 Å². The number of methoxy groups -OCH3 is 7. The van der Waals surface area contributed by atoms with Gasteiger partial charge in [0.05, 0.1) is 55.3 Å². The van der Waals surface area contributed by atoms with E-state index in [-0.39, 0.29) is 17.7 Å². The fraction of sp³-hybridized carbons (Fsp3) is 0.345. The van der Waals surface area contributed by atoms with Crippen molar-refractivity contribution in [3.63, 3.8) is 0 Å². The molecule has 1 aliphatic heterocycles. The largest absolute Gasteiger partial charge is 0.508 e. The van der Waals surface area contributed by atoms with Crippen LogP contribution in [0, 0.1) is 0 Å². The second-order valence-electron chi connectivity index (χ2n) is 8.68. The van der Waals surface area contributed by atoms with Crippen LogP contribution < -0.4 is 37.9 Å². The highest BCUT2D eigenvalue weighted by Gasteiger charge is 2.38. The number of fused-ring (bicyclic) bond motifs is 1. The molecular formula is C29H32O11. The van der Waals surface area contributed by atoms with Crippen molar-refractivity contribution in [2.45, 2.75) is 18.6 Å². The molecule has 0 saturated heterocycles. The standard InChI is InChI=1S/C29H32O11/c1-32-19-12-17(30)13-20-18(19)14-25(26(39-20)15-8-21(33-2)27(37-6)22(9-15)34-3)40-29(31)16-10-23(35-4)28(38-7)24(11-16)36-5/h8-13,25-26,30H,14H2,1-7H3/t25-,26-/m1/s1. The summed E-state index contributed by atoms with van der Waals surface area (Å²) >= 11 is 0. The van der Waals surface area contributed by atoms with Gasteiger partial charge in [0.2, 0.25) is 11.5 Å². The molecule has 0 spiro atoms. The minimum atomic E-state index is -0.833. The van der Waals surface area contributed by atoms with Crippen LogP contribution in [0.15, 0.2) is 36.4 Å². The second kappa shape index (κ2) is 12.0. The van der Waals surface area contributed by atoms with Gasteiger partial charge in [-0.2, -0.15) is 0 Å². The number of ether oxygens (including phenoxy) is 9. The number of esters is 1. The van der Waals surface area contributed by atoms with Crippen LogP contribution in [0.3, 0.4) is 0 Å². The number of carbonyl (C=O) groups is 1. The maximum absolute atomic E-state index is 13.5. The van der Waals surface area contributed by atoms with Crippen molar-refractivity contribution in [2.24, 2.45) is 0 Å². The zero-order valence-electron chi connectivity index (χ0n) is 23.4. The third-order valence-corrected chi connectivity index (χ3v) is 6.54. The number of hydrogen-bond acceptors (Lipinski definition) is 11. The van der Waals surface area contributed by atoms with Crippen molar-refractivity contribution >= 4 is 5.97 Å². The van der Waals surface area contributed by atoms with Crippen molar-refractivity contribution in [3.05, 3.63) is 53.1 Å². The van der Waals surface area contributed by atoms with Crippen LogP contribution in [0.25, 0.3) is 0 Å². The maximum atomic E-state index is 13.5. The first-order valence-corrected chi connectivity index (χ1v) is 12.2. The Hall–Kier alpha value is -4.67. The van der Waals surface area contributed by atoms with E-state index in [0.29, 0.717) is 57.1 Å². The number of phenols is 1. The minimum absolute atomic E-state index is 0.0351. The van der Waals surface area contributed by atoms with Crippen molar-refractivity contribution in [1.82, 2.24) is 0 Å². The van der Waals surface area contributed by atoms with Crippen LogP contribution in [-0.4, -0.2) is 66.9 Å². The molecule has 0 aromatic heterocycles. The molecule has 3 aromatic rings. The van der Waals surface area contributed by atoms with Gasteiger partial charge in [0, 0.05) is 29.7 Å². The highest BCUT2D eigenvalue weighted by atomic mass is 16.6. The van der Waals surface area contributed by atoms with Gasteiger partial charge in [-0.1, -0.05) is 0 Å². The number of carbonyl (C=O) groups excluding carboxylic acids is 1. The summed E-state index contributed by atoms with van der Waals surface area (Å²) in [6, 6.07) is 9.41. The monoisotopic (exact) mass is 556 g/mol. The number of rotatable bonds is 10. The Bertz CT molecular complexity index is 1330. The molecular weight excluding hydrogens is 524 g/mol. The molecule has 11 heteroatoms. The van der Waals surface area contributed by atoms with Gasteiger partial charge in [-0.15, -0.1) is 0 Å². The molecule has 0 bridgehead atoms. The lowest BCUT2D eigenvalue weighted by molar-refractivity contribution is -0.0189. The van der Waals surface area contributed by atoms with E-state index in [4.69, 9.17) is 42.6 Å². The number of hydrogen-bond donors (Lipinski definition) is 1. The summed E-state index contributed by atoms with van der Waals surface area (Å²) in [4.78, 5) is 13.5. The summed E-state index contributed by atoms with van der Waals surface area (Å²) in [5.74, 6) is 2.24. The molecule has 0 unspecified atom stereocenters. The Labute approximate surface area is 232 Å². The normalized spacial score (nSPS) is 15.7. The van der Waals surface area contributed by atoms with Crippen molar-refractivity contribution in [1.29, 1.82) is 0 Å². The predicted octanol–water partition coefficient (Wildman–Crippen LogP) is 4.35. The number of aromatic hydroxyl groups is 1. The Morgan fingerprint density at radius 3 is 1.68 bits per heavy atom. The van der Waals surface area contributed by atoms with Crippen LogP contribution in [0.1, 0.15) is 27.6 Å². The van der Waals surface area contributed by atoms with Gasteiger partial charge in [0.25, 0.3) is 0 Å². The van der Waals surface area contributed by atoms with Crippen LogP contribution >= 0.6 is 0 Å². The summed E-state index contributed by atoms with van der Waals surface area (Å²) < 4.78 is 50.5. The molecule has 4 rings (SSSR count). The lowest BCUT2D eigenvalue weighted by Gasteiger charge is -2.34. The van der Waals surface area contributed by atoms with E-state index >= 15 is 0 Å². The van der Waals surface area contributed by atoms with Gasteiger partial charge in [-0.3, -0.25) is 0 Å². The highest BCUT2D eigenvalue weighted by molar-refractivity contribution is 5.91. The van der Waals surface area contributed by atoms with Crippen molar-refractivity contribution in [2.75, 3.05) is 49.8 Å². The van der Waals surface area contributed by atoms with Gasteiger partial charge in [-0.05, 0) is 24.3 Å². The molecule has 0 radical (unpaired) electrons. The van der Waals surface area contributed by atoms with E-state index in [1.54, 1.807) is 12.1 Å². The first-order valence-electron chi connectivity index (χ1n) is 12.2. The summed E-state index contributed by atoms with van der Waals surface area (Å²) in [6.07, 6.45) is -1.44. The van der Waals surface area contributed by atoms with Crippen molar-refractivity contribution < 1.29 is 52.5 Å². The molecule has 0 amide bonds. The fourth-order valence-electron chi connectivity index (χ4n) is 4.67. The molecule has 3 aromatic carbocycles. The number of benzene rings is 3. The highest BCUT2D eigenvalue weighted by Crippen LogP contribution is 2.47. The van der Waals surface area contributed by atoms with Crippen molar-refractivity contribution in [3.8, 4) is 51.7 Å². The number of phenolic OH excluding ortho intramolecular Hbond substituents is 1. The van der Waals surface area contributed by atoms with Crippen LogP contribution in [-0.2, 0) is 11.2 Å². The Kier molecular flexibility index (Phi) is 8.52. The first kappa shape index (κ1) is 28.3. The average molecular weight is 557 g/mol. The summed E-state index contributed by atoms with van der Waals surface area (Å²) in [5.41, 5.74) is 1.40. The summed E-state index contributed by atoms with van der Waals surface area (Å²) in [5, 5.41) is 10.3. The second-order valence-corrected chi connectivity index (χ2v) is 8.68. The fourth-order valence-corrected chi connectivity index (χ4v) is 4.67. The van der Waals surface area contributed by atoms with E-state index in [1.165, 1.54) is 74.0 Å². The summed E-state index contributed by atoms with van der Waals surface area (Å²) in [6.45, 7) is 0. The minimum Gasteiger partial charge on any atom is -0.508 e. The zero-order valence-corrected chi connectivity index (χ0v) is 23.4. The van der Waals surface area contributed by atoms with Gasteiger partial charge >= 0.3 is 5.97 Å². The van der Waals surface area contributed by atoms with Gasteiger partial charge in [0.1, 0.15) is 23.4 Å².